The van der Waals surface area contributed by atoms with E-state index in [1.54, 1.807) is 55.6 Å². The number of hydrogen-bond donors (Lipinski definition) is 1. The Balaban J connectivity index is 1.68. The van der Waals surface area contributed by atoms with Gasteiger partial charge in [-0.25, -0.2) is 18.1 Å². The largest absolute Gasteiger partial charge is 0.396 e. The molecule has 32 heavy (non-hydrogen) atoms. The molecule has 4 aromatic rings. The van der Waals surface area contributed by atoms with Crippen LogP contribution in [-0.4, -0.2) is 40.7 Å². The van der Waals surface area contributed by atoms with Crippen molar-refractivity contribution in [3.05, 3.63) is 71.4 Å². The molecule has 164 valence electrons. The van der Waals surface area contributed by atoms with E-state index in [1.807, 2.05) is 6.92 Å². The van der Waals surface area contributed by atoms with Gasteiger partial charge in [-0.3, -0.25) is 4.72 Å². The maximum absolute atomic E-state index is 13.1. The lowest BCUT2D eigenvalue weighted by Gasteiger charge is -2.13. The Kier molecular flexibility index (Phi) is 6.06. The molecule has 0 aliphatic carbocycles. The predicted octanol–water partition coefficient (Wildman–Crippen LogP) is 4.03. The first-order valence-electron chi connectivity index (χ1n) is 9.65. The molecule has 2 heterocycles. The van der Waals surface area contributed by atoms with Crippen molar-refractivity contribution < 1.29 is 13.3 Å². The third-order valence-corrected chi connectivity index (χ3v) is 6.18. The zero-order valence-electron chi connectivity index (χ0n) is 17.2. The summed E-state index contributed by atoms with van der Waals surface area (Å²) in [6, 6.07) is 14.7. The van der Waals surface area contributed by atoms with E-state index in [9.17, 15) is 8.42 Å². The standard InChI is InChI=1S/C21H19ClN6O3S/c1-3-31-25-14(2)15-6-9-17(10-7-15)32(29,30)26-18-11-8-16(22)13-20(18)28-19-5-4-12-23-21(19)24-27-28/h4-13,26H,3H2,1-2H3/b25-14-. The summed E-state index contributed by atoms with van der Waals surface area (Å²) < 4.78 is 30.2. The Hall–Kier alpha value is -3.50. The Morgan fingerprint density at radius 2 is 1.97 bits per heavy atom. The molecule has 0 aliphatic heterocycles. The number of hydrogen-bond acceptors (Lipinski definition) is 7. The highest BCUT2D eigenvalue weighted by atomic mass is 35.5. The van der Waals surface area contributed by atoms with Crippen molar-refractivity contribution in [2.75, 3.05) is 11.3 Å². The number of benzene rings is 2. The lowest BCUT2D eigenvalue weighted by atomic mass is 10.1. The normalized spacial score (nSPS) is 12.2. The smallest absolute Gasteiger partial charge is 0.261 e. The van der Waals surface area contributed by atoms with Crippen LogP contribution in [0.2, 0.25) is 5.02 Å². The van der Waals surface area contributed by atoms with Gasteiger partial charge in [-0.05, 0) is 61.9 Å². The van der Waals surface area contributed by atoms with Crippen LogP contribution in [0.3, 0.4) is 0 Å². The highest BCUT2D eigenvalue weighted by molar-refractivity contribution is 7.92. The molecule has 0 bridgehead atoms. The number of rotatable bonds is 7. The summed E-state index contributed by atoms with van der Waals surface area (Å²) in [6.45, 7) is 4.07. The third kappa shape index (κ3) is 4.41. The first-order valence-corrected chi connectivity index (χ1v) is 11.5. The minimum absolute atomic E-state index is 0.0940. The Morgan fingerprint density at radius 1 is 1.19 bits per heavy atom. The first-order chi connectivity index (χ1) is 15.4. The van der Waals surface area contributed by atoms with E-state index in [4.69, 9.17) is 16.4 Å². The molecule has 0 saturated heterocycles. The minimum atomic E-state index is -3.89. The molecule has 0 saturated carbocycles. The second kappa shape index (κ2) is 8.93. The molecule has 1 N–H and O–H groups in total. The zero-order chi connectivity index (χ0) is 22.7. The van der Waals surface area contributed by atoms with Gasteiger partial charge in [0.25, 0.3) is 10.0 Å². The predicted molar refractivity (Wildman–Crippen MR) is 123 cm³/mol. The van der Waals surface area contributed by atoms with Gasteiger partial charge in [0.2, 0.25) is 5.65 Å². The molecule has 0 radical (unpaired) electrons. The van der Waals surface area contributed by atoms with Gasteiger partial charge >= 0.3 is 0 Å². The molecule has 0 atom stereocenters. The summed E-state index contributed by atoms with van der Waals surface area (Å²) in [5, 5.41) is 12.5. The number of sulfonamides is 1. The maximum Gasteiger partial charge on any atom is 0.261 e. The average Bonchev–Trinajstić information content (AvgIpc) is 3.22. The molecule has 2 aromatic heterocycles. The number of aromatic nitrogens is 4. The van der Waals surface area contributed by atoms with E-state index in [-0.39, 0.29) is 4.90 Å². The molecular formula is C21H19ClN6O3S. The molecular weight excluding hydrogens is 452 g/mol. The number of nitrogens with zero attached hydrogens (tertiary/aromatic N) is 5. The van der Waals surface area contributed by atoms with Crippen molar-refractivity contribution in [3.63, 3.8) is 0 Å². The average molecular weight is 471 g/mol. The Morgan fingerprint density at radius 3 is 2.72 bits per heavy atom. The molecule has 11 heteroatoms. The number of oxime groups is 1. The number of anilines is 1. The summed E-state index contributed by atoms with van der Waals surface area (Å²) >= 11 is 6.18. The van der Waals surface area contributed by atoms with Gasteiger partial charge in [0.05, 0.1) is 22.0 Å². The molecule has 0 aliphatic rings. The number of halogens is 1. The molecule has 0 fully saturated rings. The van der Waals surface area contributed by atoms with Crippen LogP contribution in [0.25, 0.3) is 16.9 Å². The van der Waals surface area contributed by atoms with Crippen LogP contribution < -0.4 is 4.72 Å². The Bertz CT molecular complexity index is 1400. The van der Waals surface area contributed by atoms with Gasteiger partial charge < -0.3 is 4.84 Å². The van der Waals surface area contributed by atoms with E-state index in [0.29, 0.717) is 39.9 Å². The second-order valence-corrected chi connectivity index (χ2v) is 8.85. The quantitative estimate of drug-likeness (QED) is 0.322. The van der Waals surface area contributed by atoms with Crippen LogP contribution in [-0.2, 0) is 14.9 Å². The molecule has 4 rings (SSSR count). The lowest BCUT2D eigenvalue weighted by Crippen LogP contribution is -2.15. The van der Waals surface area contributed by atoms with Crippen LogP contribution in [0.1, 0.15) is 19.4 Å². The Labute approximate surface area is 189 Å². The molecule has 0 unspecified atom stereocenters. The maximum atomic E-state index is 13.1. The fraction of sp³-hybridized carbons (Fsp3) is 0.143. The van der Waals surface area contributed by atoms with E-state index < -0.39 is 10.0 Å². The summed E-state index contributed by atoms with van der Waals surface area (Å²) in [5.41, 5.74) is 3.17. The monoisotopic (exact) mass is 470 g/mol. The zero-order valence-corrected chi connectivity index (χ0v) is 18.8. The fourth-order valence-electron chi connectivity index (χ4n) is 3.00. The third-order valence-electron chi connectivity index (χ3n) is 4.57. The van der Waals surface area contributed by atoms with Crippen LogP contribution in [0, 0.1) is 0 Å². The second-order valence-electron chi connectivity index (χ2n) is 6.73. The van der Waals surface area contributed by atoms with Crippen molar-refractivity contribution in [3.8, 4) is 5.69 Å². The van der Waals surface area contributed by atoms with Gasteiger partial charge in [0.15, 0.2) is 0 Å². The van der Waals surface area contributed by atoms with Crippen molar-refractivity contribution >= 4 is 44.2 Å². The van der Waals surface area contributed by atoms with Crippen molar-refractivity contribution in [2.45, 2.75) is 18.7 Å². The van der Waals surface area contributed by atoms with Crippen LogP contribution in [0.15, 0.2) is 70.8 Å². The number of fused-ring (bicyclic) bond motifs is 1. The van der Waals surface area contributed by atoms with Gasteiger partial charge in [-0.2, -0.15) is 0 Å². The summed E-state index contributed by atoms with van der Waals surface area (Å²) in [5.74, 6) is 0. The van der Waals surface area contributed by atoms with Gasteiger partial charge in [0, 0.05) is 11.2 Å². The first kappa shape index (κ1) is 21.7. The highest BCUT2D eigenvalue weighted by Crippen LogP contribution is 2.28. The summed E-state index contributed by atoms with van der Waals surface area (Å²) in [7, 11) is -3.89. The lowest BCUT2D eigenvalue weighted by molar-refractivity contribution is 0.159. The SMILES string of the molecule is CCO/N=C(/C)c1ccc(S(=O)(=O)Nc2ccc(Cl)cc2-n2nnc3ncccc32)cc1. The van der Waals surface area contributed by atoms with Crippen molar-refractivity contribution in [1.82, 2.24) is 20.0 Å². The topological polar surface area (TPSA) is 111 Å². The molecule has 2 aromatic carbocycles. The molecule has 0 amide bonds. The summed E-state index contributed by atoms with van der Waals surface area (Å²) in [4.78, 5) is 9.30. The van der Waals surface area contributed by atoms with E-state index in [1.165, 1.54) is 16.8 Å². The van der Waals surface area contributed by atoms with Crippen LogP contribution >= 0.6 is 11.6 Å². The van der Waals surface area contributed by atoms with Gasteiger partial charge in [0.1, 0.15) is 12.1 Å². The fourth-order valence-corrected chi connectivity index (χ4v) is 4.24. The van der Waals surface area contributed by atoms with Crippen molar-refractivity contribution in [2.24, 2.45) is 5.16 Å². The molecule has 9 nitrogen and oxygen atoms in total. The summed E-state index contributed by atoms with van der Waals surface area (Å²) in [6.07, 6.45) is 1.60. The number of nitrogens with one attached hydrogen (secondary N) is 1. The van der Waals surface area contributed by atoms with Gasteiger partial charge in [-0.1, -0.05) is 34.1 Å². The van der Waals surface area contributed by atoms with Crippen molar-refractivity contribution in [1.29, 1.82) is 0 Å². The van der Waals surface area contributed by atoms with Gasteiger partial charge in [-0.15, -0.1) is 5.10 Å². The van der Waals surface area contributed by atoms with E-state index in [2.05, 4.69) is 25.2 Å². The minimum Gasteiger partial charge on any atom is -0.396 e. The van der Waals surface area contributed by atoms with Crippen LogP contribution in [0.5, 0.6) is 0 Å². The van der Waals surface area contributed by atoms with Crippen LogP contribution in [0.4, 0.5) is 5.69 Å². The molecule has 0 spiro atoms. The number of pyridine rings is 1. The highest BCUT2D eigenvalue weighted by Gasteiger charge is 2.19. The van der Waals surface area contributed by atoms with E-state index >= 15 is 0 Å². The van der Waals surface area contributed by atoms with E-state index in [0.717, 1.165) is 5.56 Å².